The number of anilines is 1. The highest BCUT2D eigenvalue weighted by molar-refractivity contribution is 7.92. The Balaban J connectivity index is 1.64. The molecule has 0 unspecified atom stereocenters. The Kier molecular flexibility index (Phi) is 6.61. The van der Waals surface area contributed by atoms with Crippen molar-refractivity contribution in [3.05, 3.63) is 101 Å². The van der Waals surface area contributed by atoms with E-state index in [2.05, 4.69) is 0 Å². The molecule has 0 saturated carbocycles. The van der Waals surface area contributed by atoms with Crippen LogP contribution in [0.15, 0.2) is 78.9 Å². The van der Waals surface area contributed by atoms with Gasteiger partial charge < -0.3 is 4.90 Å². The lowest BCUT2D eigenvalue weighted by Crippen LogP contribution is -2.37. The first-order valence-corrected chi connectivity index (χ1v) is 12.6. The van der Waals surface area contributed by atoms with Crippen LogP contribution in [-0.2, 0) is 29.5 Å². The number of amides is 1. The maximum absolute atomic E-state index is 13.6. The van der Waals surface area contributed by atoms with Crippen molar-refractivity contribution in [2.24, 2.45) is 0 Å². The molecule has 0 fully saturated rings. The van der Waals surface area contributed by atoms with Gasteiger partial charge in [-0.3, -0.25) is 9.10 Å². The lowest BCUT2D eigenvalue weighted by molar-refractivity contribution is 0.0730. The second-order valence-corrected chi connectivity index (χ2v) is 10.2. The summed E-state index contributed by atoms with van der Waals surface area (Å²) in [5, 5.41) is 0. The Morgan fingerprint density at radius 3 is 2.06 bits per heavy atom. The summed E-state index contributed by atoms with van der Waals surface area (Å²) in [4.78, 5) is 15.4. The van der Waals surface area contributed by atoms with Crippen molar-refractivity contribution in [3.63, 3.8) is 0 Å². The van der Waals surface area contributed by atoms with E-state index in [0.29, 0.717) is 30.9 Å². The van der Waals surface area contributed by atoms with Crippen molar-refractivity contribution in [1.29, 1.82) is 0 Å². The Bertz CT molecular complexity index is 1140. The van der Waals surface area contributed by atoms with Crippen molar-refractivity contribution < 1.29 is 13.2 Å². The molecule has 3 aromatic carbocycles. The fourth-order valence-electron chi connectivity index (χ4n) is 4.13. The predicted octanol–water partition coefficient (Wildman–Crippen LogP) is 4.63. The van der Waals surface area contributed by atoms with Crippen LogP contribution in [0.2, 0.25) is 0 Å². The molecule has 166 valence electrons. The molecule has 0 spiro atoms. The Morgan fingerprint density at radius 2 is 1.50 bits per heavy atom. The van der Waals surface area contributed by atoms with E-state index in [4.69, 9.17) is 0 Å². The highest BCUT2D eigenvalue weighted by atomic mass is 32.2. The van der Waals surface area contributed by atoms with Gasteiger partial charge in [0.1, 0.15) is 0 Å². The lowest BCUT2D eigenvalue weighted by Gasteiger charge is -2.31. The SMILES string of the molecule is CCS(=O)(=O)N1CCCc2cc(C(=O)N(Cc3ccccc3)Cc3ccccc3)ccc21. The molecular formula is C26H28N2O3S. The summed E-state index contributed by atoms with van der Waals surface area (Å²) in [6.45, 7) is 3.15. The number of hydrogen-bond acceptors (Lipinski definition) is 3. The number of carbonyl (C=O) groups excluding carboxylic acids is 1. The van der Waals surface area contributed by atoms with Crippen LogP contribution in [0.5, 0.6) is 0 Å². The summed E-state index contributed by atoms with van der Waals surface area (Å²) in [6, 6.07) is 25.3. The van der Waals surface area contributed by atoms with Crippen LogP contribution >= 0.6 is 0 Å². The smallest absolute Gasteiger partial charge is 0.254 e. The Hall–Kier alpha value is -3.12. The third-order valence-electron chi connectivity index (χ3n) is 5.82. The van der Waals surface area contributed by atoms with Gasteiger partial charge in [-0.1, -0.05) is 60.7 Å². The summed E-state index contributed by atoms with van der Waals surface area (Å²) in [5.74, 6) is 0.00526. The number of hydrogen-bond donors (Lipinski definition) is 0. The first kappa shape index (κ1) is 22.1. The standard InChI is InChI=1S/C26H28N2O3S/c1-2-32(30,31)28-17-9-14-23-18-24(15-16-25(23)28)26(29)27(19-21-10-5-3-6-11-21)20-22-12-7-4-8-13-22/h3-8,10-13,15-16,18H,2,9,14,17,19-20H2,1H3. The lowest BCUT2D eigenvalue weighted by atomic mass is 10.00. The van der Waals surface area contributed by atoms with Crippen LogP contribution in [0.3, 0.4) is 0 Å². The van der Waals surface area contributed by atoms with Crippen LogP contribution in [0, 0.1) is 0 Å². The average Bonchev–Trinajstić information content (AvgIpc) is 2.83. The first-order valence-electron chi connectivity index (χ1n) is 11.0. The predicted molar refractivity (Wildman–Crippen MR) is 128 cm³/mol. The minimum atomic E-state index is -3.33. The number of carbonyl (C=O) groups is 1. The molecule has 1 aliphatic rings. The first-order chi connectivity index (χ1) is 15.5. The molecule has 0 bridgehead atoms. The van der Waals surface area contributed by atoms with E-state index in [1.807, 2.05) is 71.6 Å². The number of sulfonamides is 1. The van der Waals surface area contributed by atoms with E-state index in [1.165, 1.54) is 4.31 Å². The molecule has 5 nitrogen and oxygen atoms in total. The van der Waals surface area contributed by atoms with Gasteiger partial charge in [-0.25, -0.2) is 8.42 Å². The molecule has 0 aliphatic carbocycles. The van der Waals surface area contributed by atoms with E-state index in [1.54, 1.807) is 19.1 Å². The second kappa shape index (κ2) is 9.57. The quantitative estimate of drug-likeness (QED) is 0.529. The summed E-state index contributed by atoms with van der Waals surface area (Å²) in [7, 11) is -3.33. The van der Waals surface area contributed by atoms with Crippen molar-refractivity contribution >= 4 is 21.6 Å². The van der Waals surface area contributed by atoms with E-state index >= 15 is 0 Å². The third-order valence-corrected chi connectivity index (χ3v) is 7.60. The molecule has 6 heteroatoms. The average molecular weight is 449 g/mol. The van der Waals surface area contributed by atoms with Crippen molar-refractivity contribution in [2.45, 2.75) is 32.9 Å². The minimum absolute atomic E-state index is 0.0593. The molecule has 32 heavy (non-hydrogen) atoms. The minimum Gasteiger partial charge on any atom is -0.330 e. The van der Waals surface area contributed by atoms with Gasteiger partial charge in [-0.2, -0.15) is 0 Å². The van der Waals surface area contributed by atoms with E-state index in [0.717, 1.165) is 29.5 Å². The van der Waals surface area contributed by atoms with Crippen LogP contribution < -0.4 is 4.31 Å². The van der Waals surface area contributed by atoms with Crippen molar-refractivity contribution in [1.82, 2.24) is 4.90 Å². The maximum atomic E-state index is 13.6. The number of nitrogens with zero attached hydrogens (tertiary/aromatic N) is 2. The third kappa shape index (κ3) is 4.86. The fourth-order valence-corrected chi connectivity index (χ4v) is 5.33. The Morgan fingerprint density at radius 1 is 0.906 bits per heavy atom. The van der Waals surface area contributed by atoms with Gasteiger partial charge in [0.2, 0.25) is 10.0 Å². The molecule has 0 atom stereocenters. The highest BCUT2D eigenvalue weighted by Gasteiger charge is 2.27. The van der Waals surface area contributed by atoms with Crippen LogP contribution in [0.25, 0.3) is 0 Å². The van der Waals surface area contributed by atoms with Crippen molar-refractivity contribution in [3.8, 4) is 0 Å². The zero-order valence-electron chi connectivity index (χ0n) is 18.3. The molecule has 0 N–H and O–H groups in total. The van der Waals surface area contributed by atoms with Crippen LogP contribution in [-0.4, -0.2) is 31.5 Å². The molecule has 0 saturated heterocycles. The monoisotopic (exact) mass is 448 g/mol. The Labute approximate surface area is 190 Å². The van der Waals surface area contributed by atoms with Crippen molar-refractivity contribution in [2.75, 3.05) is 16.6 Å². The van der Waals surface area contributed by atoms with Gasteiger partial charge in [-0.05, 0) is 54.7 Å². The molecule has 1 aliphatic heterocycles. The number of rotatable bonds is 7. The van der Waals surface area contributed by atoms with Crippen LogP contribution in [0.4, 0.5) is 5.69 Å². The fraction of sp³-hybridized carbons (Fsp3) is 0.269. The zero-order valence-corrected chi connectivity index (χ0v) is 19.1. The van der Waals surface area contributed by atoms with Crippen LogP contribution in [0.1, 0.15) is 40.4 Å². The normalized spacial score (nSPS) is 13.5. The number of fused-ring (bicyclic) bond motifs is 1. The summed E-state index contributed by atoms with van der Waals surface area (Å²) in [6.07, 6.45) is 1.52. The van der Waals surface area contributed by atoms with E-state index < -0.39 is 10.0 Å². The molecule has 3 aromatic rings. The molecule has 0 radical (unpaired) electrons. The van der Waals surface area contributed by atoms with Gasteiger partial charge in [0, 0.05) is 25.2 Å². The molecule has 1 amide bonds. The summed E-state index contributed by atoms with van der Waals surface area (Å²) in [5.41, 5.74) is 4.34. The highest BCUT2D eigenvalue weighted by Crippen LogP contribution is 2.31. The van der Waals surface area contributed by atoms with E-state index in [9.17, 15) is 13.2 Å². The molecular weight excluding hydrogens is 420 g/mol. The second-order valence-electron chi connectivity index (χ2n) is 8.05. The van der Waals surface area contributed by atoms with Gasteiger partial charge in [0.25, 0.3) is 5.91 Å². The summed E-state index contributed by atoms with van der Waals surface area (Å²) >= 11 is 0. The largest absolute Gasteiger partial charge is 0.330 e. The number of aryl methyl sites for hydroxylation is 1. The van der Waals surface area contributed by atoms with Gasteiger partial charge in [-0.15, -0.1) is 0 Å². The molecule has 4 rings (SSSR count). The summed E-state index contributed by atoms with van der Waals surface area (Å²) < 4.78 is 26.5. The van der Waals surface area contributed by atoms with Gasteiger partial charge in [0.15, 0.2) is 0 Å². The molecule has 0 aromatic heterocycles. The van der Waals surface area contributed by atoms with E-state index in [-0.39, 0.29) is 11.7 Å². The topological polar surface area (TPSA) is 57.7 Å². The van der Waals surface area contributed by atoms with Gasteiger partial charge in [0.05, 0.1) is 11.4 Å². The zero-order chi connectivity index (χ0) is 22.6. The molecule has 1 heterocycles. The maximum Gasteiger partial charge on any atom is 0.254 e. The van der Waals surface area contributed by atoms with Gasteiger partial charge >= 0.3 is 0 Å². The number of benzene rings is 3.